The first kappa shape index (κ1) is 23.4. The van der Waals surface area contributed by atoms with Crippen LogP contribution in [0.4, 0.5) is 11.4 Å². The number of para-hydroxylation sites is 1. The summed E-state index contributed by atoms with van der Waals surface area (Å²) in [7, 11) is 2.00. The highest BCUT2D eigenvalue weighted by Crippen LogP contribution is 2.42. The number of nitrogens with one attached hydrogen (secondary N) is 3. The molecule has 5 rings (SSSR count). The summed E-state index contributed by atoms with van der Waals surface area (Å²) in [5.74, 6) is -0.125. The van der Waals surface area contributed by atoms with Crippen molar-refractivity contribution in [3.63, 3.8) is 0 Å². The van der Waals surface area contributed by atoms with Crippen LogP contribution in [0.15, 0.2) is 75.9 Å². The summed E-state index contributed by atoms with van der Waals surface area (Å²) < 4.78 is 0. The topological polar surface area (TPSA) is 85.8 Å². The quantitative estimate of drug-likeness (QED) is 0.509. The number of hydrogen-bond acceptors (Lipinski definition) is 6. The van der Waals surface area contributed by atoms with E-state index in [0.29, 0.717) is 5.57 Å². The fourth-order valence-corrected chi connectivity index (χ4v) is 5.66. The maximum atomic E-state index is 12.6. The van der Waals surface area contributed by atoms with E-state index in [0.717, 1.165) is 70.4 Å². The Morgan fingerprint density at radius 2 is 2.00 bits per heavy atom. The third kappa shape index (κ3) is 4.90. The van der Waals surface area contributed by atoms with Crippen LogP contribution >= 0.6 is 11.8 Å². The van der Waals surface area contributed by atoms with E-state index < -0.39 is 0 Å². The summed E-state index contributed by atoms with van der Waals surface area (Å²) >= 11 is 1.63. The molecular formula is C27H29N5O2S. The van der Waals surface area contributed by atoms with E-state index in [2.05, 4.69) is 39.1 Å². The first-order valence-electron chi connectivity index (χ1n) is 12.0. The number of allylic oxidation sites excluding steroid dienone is 1. The van der Waals surface area contributed by atoms with E-state index in [1.165, 1.54) is 0 Å². The molecule has 7 nitrogen and oxygen atoms in total. The van der Waals surface area contributed by atoms with Gasteiger partial charge in [0.25, 0.3) is 5.91 Å². The molecule has 1 unspecified atom stereocenters. The normalized spacial score (nSPS) is 21.7. The molecule has 1 fully saturated rings. The van der Waals surface area contributed by atoms with Crippen molar-refractivity contribution in [2.24, 2.45) is 5.10 Å². The smallest absolute Gasteiger partial charge is 0.275 e. The van der Waals surface area contributed by atoms with Gasteiger partial charge in [0.1, 0.15) is 0 Å². The molecule has 3 aliphatic rings. The zero-order valence-corrected chi connectivity index (χ0v) is 20.7. The fraction of sp³-hybridized carbons (Fsp3) is 0.296. The Morgan fingerprint density at radius 3 is 2.74 bits per heavy atom. The monoisotopic (exact) mass is 487 g/mol. The van der Waals surface area contributed by atoms with Crippen molar-refractivity contribution in [2.75, 3.05) is 24.2 Å². The van der Waals surface area contributed by atoms with Crippen LogP contribution in [0.2, 0.25) is 0 Å². The highest BCUT2D eigenvalue weighted by Gasteiger charge is 2.29. The lowest BCUT2D eigenvalue weighted by Crippen LogP contribution is -2.37. The van der Waals surface area contributed by atoms with Gasteiger partial charge >= 0.3 is 0 Å². The molecular weight excluding hydrogens is 458 g/mol. The third-order valence-electron chi connectivity index (χ3n) is 6.47. The Kier molecular flexibility index (Phi) is 6.74. The number of benzene rings is 2. The first-order chi connectivity index (χ1) is 17.0. The zero-order chi connectivity index (χ0) is 24.4. The second-order valence-electron chi connectivity index (χ2n) is 8.97. The number of carbonyl (C=O) groups excluding carboxylic acids is 2. The second-order valence-corrected chi connectivity index (χ2v) is 10.1. The van der Waals surface area contributed by atoms with Crippen LogP contribution in [-0.2, 0) is 9.59 Å². The van der Waals surface area contributed by atoms with Gasteiger partial charge in [-0.05, 0) is 69.3 Å². The van der Waals surface area contributed by atoms with Crippen molar-refractivity contribution in [3.8, 4) is 0 Å². The molecule has 1 atom stereocenters. The molecule has 180 valence electrons. The van der Waals surface area contributed by atoms with E-state index >= 15 is 0 Å². The molecule has 0 spiro atoms. The molecule has 3 aliphatic heterocycles. The summed E-state index contributed by atoms with van der Waals surface area (Å²) in [5.41, 5.74) is 7.60. The standard InChI is InChI=1S/C27H29N5O2S/c1-3-7-21-25(27(34)31-30-21)22-16-24(19-8-4-5-9-20(19)29-22)35-18-13-11-17(12-14-18)28-26(33)23-10-6-15-32(23)2/h4-5,8-9,11-14,16,23,29H,3,6-7,10,15H2,1-2H3,(H,28,33)(H,31,34)/b25-22-. The zero-order valence-electron chi connectivity index (χ0n) is 19.9. The molecule has 2 aromatic rings. The van der Waals surface area contributed by atoms with Gasteiger partial charge in [-0.15, -0.1) is 0 Å². The number of carbonyl (C=O) groups is 2. The maximum Gasteiger partial charge on any atom is 0.275 e. The van der Waals surface area contributed by atoms with E-state index in [1.807, 2.05) is 55.6 Å². The Bertz CT molecular complexity index is 1250. The molecule has 8 heteroatoms. The molecule has 3 heterocycles. The van der Waals surface area contributed by atoms with Gasteiger partial charge in [-0.3, -0.25) is 14.5 Å². The molecule has 0 aromatic heterocycles. The number of hydrazone groups is 1. The van der Waals surface area contributed by atoms with Gasteiger partial charge in [0.05, 0.1) is 23.0 Å². The number of nitrogens with zero attached hydrogens (tertiary/aromatic N) is 2. The van der Waals surface area contributed by atoms with Crippen LogP contribution in [0.1, 0.15) is 38.2 Å². The lowest BCUT2D eigenvalue weighted by atomic mass is 10.0. The minimum atomic E-state index is -0.177. The van der Waals surface area contributed by atoms with Crippen LogP contribution in [-0.4, -0.2) is 42.1 Å². The third-order valence-corrected chi connectivity index (χ3v) is 7.54. The van der Waals surface area contributed by atoms with Gasteiger partial charge in [-0.25, -0.2) is 5.43 Å². The molecule has 1 saturated heterocycles. The predicted molar refractivity (Wildman–Crippen MR) is 142 cm³/mol. The van der Waals surface area contributed by atoms with Crippen molar-refractivity contribution in [2.45, 2.75) is 43.5 Å². The molecule has 3 N–H and O–H groups in total. The van der Waals surface area contributed by atoms with Gasteiger partial charge in [-0.1, -0.05) is 43.3 Å². The average Bonchev–Trinajstić information content (AvgIpc) is 3.45. The van der Waals surface area contributed by atoms with Crippen LogP contribution in [0.3, 0.4) is 0 Å². The number of rotatable bonds is 6. The summed E-state index contributed by atoms with van der Waals surface area (Å²) in [6, 6.07) is 16.0. The van der Waals surface area contributed by atoms with Gasteiger partial charge in [0, 0.05) is 26.7 Å². The molecule has 2 aromatic carbocycles. The first-order valence-corrected chi connectivity index (χ1v) is 12.8. The number of fused-ring (bicyclic) bond motifs is 1. The van der Waals surface area contributed by atoms with Crippen molar-refractivity contribution < 1.29 is 9.59 Å². The minimum absolute atomic E-state index is 0.0519. The van der Waals surface area contributed by atoms with E-state index in [4.69, 9.17) is 0 Å². The number of anilines is 2. The summed E-state index contributed by atoms with van der Waals surface area (Å²) in [4.78, 5) is 29.4. The van der Waals surface area contributed by atoms with E-state index in [9.17, 15) is 9.59 Å². The van der Waals surface area contributed by atoms with Gasteiger partial charge in [0.2, 0.25) is 5.91 Å². The molecule has 0 aliphatic carbocycles. The summed E-state index contributed by atoms with van der Waals surface area (Å²) in [6.07, 6.45) is 5.64. The highest BCUT2D eigenvalue weighted by atomic mass is 32.2. The number of likely N-dealkylation sites (tertiary alicyclic amines) is 1. The number of hydrogen-bond donors (Lipinski definition) is 3. The molecule has 2 amide bonds. The Labute approximate surface area is 209 Å². The largest absolute Gasteiger partial charge is 0.354 e. The van der Waals surface area contributed by atoms with Crippen LogP contribution in [0.25, 0.3) is 4.91 Å². The van der Waals surface area contributed by atoms with Crippen LogP contribution in [0, 0.1) is 0 Å². The Hall–Kier alpha value is -3.36. The van der Waals surface area contributed by atoms with Gasteiger partial charge < -0.3 is 10.6 Å². The molecule has 0 bridgehead atoms. The van der Waals surface area contributed by atoms with Crippen molar-refractivity contribution in [3.05, 3.63) is 71.4 Å². The second kappa shape index (κ2) is 10.1. The summed E-state index contributed by atoms with van der Waals surface area (Å²) in [5, 5.41) is 10.7. The molecule has 0 radical (unpaired) electrons. The average molecular weight is 488 g/mol. The van der Waals surface area contributed by atoms with Gasteiger partial charge in [-0.2, -0.15) is 5.10 Å². The minimum Gasteiger partial charge on any atom is -0.354 e. The molecule has 35 heavy (non-hydrogen) atoms. The SMILES string of the molecule is CCCC1=NNC(=O)/C1=C1/C=C(Sc2ccc(NC(=O)C3CCCN3C)cc2)c2ccccc2N1. The van der Waals surface area contributed by atoms with E-state index in [-0.39, 0.29) is 17.9 Å². The number of amides is 2. The predicted octanol–water partition coefficient (Wildman–Crippen LogP) is 4.82. The van der Waals surface area contributed by atoms with Crippen LogP contribution < -0.4 is 16.1 Å². The van der Waals surface area contributed by atoms with Crippen molar-refractivity contribution >= 4 is 45.6 Å². The Morgan fingerprint density at radius 1 is 1.20 bits per heavy atom. The van der Waals surface area contributed by atoms with Crippen molar-refractivity contribution in [1.82, 2.24) is 10.3 Å². The lowest BCUT2D eigenvalue weighted by molar-refractivity contribution is -0.120. The lowest BCUT2D eigenvalue weighted by Gasteiger charge is -2.22. The Balaban J connectivity index is 1.39. The number of thioether (sulfide) groups is 1. The van der Waals surface area contributed by atoms with Crippen LogP contribution in [0.5, 0.6) is 0 Å². The fourth-order valence-electron chi connectivity index (χ4n) is 4.67. The maximum absolute atomic E-state index is 12.6. The van der Waals surface area contributed by atoms with Gasteiger partial charge in [0.15, 0.2) is 0 Å². The van der Waals surface area contributed by atoms with Crippen molar-refractivity contribution in [1.29, 1.82) is 0 Å². The number of likely N-dealkylation sites (N-methyl/N-ethyl adjacent to an activating group) is 1. The molecule has 0 saturated carbocycles. The van der Waals surface area contributed by atoms with E-state index in [1.54, 1.807) is 11.8 Å². The summed E-state index contributed by atoms with van der Waals surface area (Å²) in [6.45, 7) is 3.04. The highest BCUT2D eigenvalue weighted by molar-refractivity contribution is 8.08.